The van der Waals surface area contributed by atoms with E-state index >= 15 is 0 Å². The first-order valence-corrected chi connectivity index (χ1v) is 7.32. The van der Waals surface area contributed by atoms with Gasteiger partial charge in [0.1, 0.15) is 11.5 Å². The lowest BCUT2D eigenvalue weighted by Gasteiger charge is -2.04. The number of benzene rings is 1. The Labute approximate surface area is 106 Å². The van der Waals surface area contributed by atoms with E-state index < -0.39 is 5.97 Å². The van der Waals surface area contributed by atoms with Crippen molar-refractivity contribution in [3.63, 3.8) is 0 Å². The number of carbonyl (C=O) groups is 1. The van der Waals surface area contributed by atoms with Gasteiger partial charge in [-0.15, -0.1) is 0 Å². The van der Waals surface area contributed by atoms with Gasteiger partial charge in [0.25, 0.3) is 0 Å². The van der Waals surface area contributed by atoms with Gasteiger partial charge in [0.2, 0.25) is 0 Å². The summed E-state index contributed by atoms with van der Waals surface area (Å²) < 4.78 is 0. The minimum Gasteiger partial charge on any atom is -0.545 e. The van der Waals surface area contributed by atoms with Gasteiger partial charge in [0, 0.05) is 10.9 Å². The van der Waals surface area contributed by atoms with Crippen molar-refractivity contribution in [1.82, 2.24) is 0 Å². The first-order chi connectivity index (χ1) is 8.08. The van der Waals surface area contributed by atoms with E-state index in [-0.39, 0.29) is 5.57 Å². The molecule has 3 heteroatoms. The van der Waals surface area contributed by atoms with Crippen LogP contribution in [-0.4, -0.2) is 17.5 Å². The molecule has 0 unspecified atom stereocenters. The first-order valence-electron chi connectivity index (χ1n) is 5.75. The summed E-state index contributed by atoms with van der Waals surface area (Å²) >= 11 is 0. The fourth-order valence-corrected chi connectivity index (χ4v) is 3.20. The van der Waals surface area contributed by atoms with Crippen LogP contribution in [0.3, 0.4) is 0 Å². The molecular formula is C14H18O2S. The normalized spacial score (nSPS) is 11.9. The Kier molecular flexibility index (Phi) is 5.29. The Bertz CT molecular complexity index is 403. The highest BCUT2D eigenvalue weighted by Crippen LogP contribution is 2.16. The van der Waals surface area contributed by atoms with Crippen LogP contribution in [0.25, 0.3) is 6.08 Å². The highest BCUT2D eigenvalue weighted by molar-refractivity contribution is 7.96. The predicted octanol–water partition coefficient (Wildman–Crippen LogP) is 1.86. The molecule has 0 saturated carbocycles. The maximum atomic E-state index is 10.6. The molecule has 0 fully saturated rings. The van der Waals surface area contributed by atoms with E-state index in [1.807, 2.05) is 12.1 Å². The summed E-state index contributed by atoms with van der Waals surface area (Å²) in [7, 11) is 0.319. The van der Waals surface area contributed by atoms with Gasteiger partial charge >= 0.3 is 0 Å². The number of rotatable bonds is 5. The molecule has 0 aliphatic carbocycles. The van der Waals surface area contributed by atoms with Crippen LogP contribution in [0.15, 0.2) is 34.7 Å². The summed E-state index contributed by atoms with van der Waals surface area (Å²) in [6, 6.07) is 8.11. The minimum atomic E-state index is -1.11. The summed E-state index contributed by atoms with van der Waals surface area (Å²) in [5.41, 5.74) is 1.16. The highest BCUT2D eigenvalue weighted by atomic mass is 32.2. The molecule has 0 aliphatic heterocycles. The molecule has 0 heterocycles. The third-order valence-corrected chi connectivity index (χ3v) is 4.95. The zero-order valence-electron chi connectivity index (χ0n) is 10.5. The average molecular weight is 250 g/mol. The fraction of sp³-hybridized carbons (Fsp3) is 0.357. The van der Waals surface area contributed by atoms with Crippen LogP contribution in [0.2, 0.25) is 0 Å². The number of carboxylic acid groups (broad SMARTS) is 1. The Morgan fingerprint density at radius 2 is 1.76 bits per heavy atom. The van der Waals surface area contributed by atoms with Crippen LogP contribution in [0.4, 0.5) is 0 Å². The Hall–Kier alpha value is -1.22. The lowest BCUT2D eigenvalue weighted by atomic mass is 10.1. The van der Waals surface area contributed by atoms with Gasteiger partial charge in [-0.3, -0.25) is 0 Å². The van der Waals surface area contributed by atoms with Gasteiger partial charge in [0.05, 0.1) is 5.97 Å². The summed E-state index contributed by atoms with van der Waals surface area (Å²) in [6.07, 6.45) is 1.63. The second-order valence-corrected chi connectivity index (χ2v) is 6.37. The monoisotopic (exact) mass is 250 g/mol. The van der Waals surface area contributed by atoms with Crippen LogP contribution >= 0.6 is 0 Å². The molecule has 1 aromatic carbocycles. The number of hydrogen-bond donors (Lipinski definition) is 0. The van der Waals surface area contributed by atoms with E-state index in [1.54, 1.807) is 13.0 Å². The molecule has 0 saturated heterocycles. The molecular weight excluding hydrogens is 232 g/mol. The molecule has 1 aromatic rings. The summed E-state index contributed by atoms with van der Waals surface area (Å²) in [5, 5.41) is 10.6. The van der Waals surface area contributed by atoms with Gasteiger partial charge in [-0.25, -0.2) is 0 Å². The minimum absolute atomic E-state index is 0.253. The van der Waals surface area contributed by atoms with Crippen LogP contribution in [0.1, 0.15) is 26.3 Å². The van der Waals surface area contributed by atoms with Crippen LogP contribution < -0.4 is 5.11 Å². The van der Waals surface area contributed by atoms with Crippen LogP contribution in [0, 0.1) is 0 Å². The third-order valence-electron chi connectivity index (χ3n) is 2.62. The highest BCUT2D eigenvalue weighted by Gasteiger charge is 2.15. The van der Waals surface area contributed by atoms with Crippen molar-refractivity contribution >= 4 is 22.9 Å². The van der Waals surface area contributed by atoms with Gasteiger partial charge < -0.3 is 9.90 Å². The van der Waals surface area contributed by atoms with E-state index in [1.165, 1.54) is 4.90 Å². The molecule has 0 bridgehead atoms. The number of carboxylic acids is 1. The van der Waals surface area contributed by atoms with Crippen molar-refractivity contribution in [2.45, 2.75) is 25.7 Å². The van der Waals surface area contributed by atoms with E-state index in [2.05, 4.69) is 26.0 Å². The molecule has 2 nitrogen and oxygen atoms in total. The third kappa shape index (κ3) is 3.93. The van der Waals surface area contributed by atoms with Crippen LogP contribution in [-0.2, 0) is 15.7 Å². The van der Waals surface area contributed by atoms with Crippen molar-refractivity contribution in [2.24, 2.45) is 0 Å². The zero-order valence-corrected chi connectivity index (χ0v) is 11.3. The van der Waals surface area contributed by atoms with E-state index in [0.29, 0.717) is 10.9 Å². The second kappa shape index (κ2) is 6.50. The summed E-state index contributed by atoms with van der Waals surface area (Å²) in [4.78, 5) is 11.9. The second-order valence-electron chi connectivity index (χ2n) is 3.75. The van der Waals surface area contributed by atoms with Crippen molar-refractivity contribution < 1.29 is 9.90 Å². The summed E-state index contributed by atoms with van der Waals surface area (Å²) in [5.74, 6) is 1.20. The number of aliphatic carboxylic acids is 1. The van der Waals surface area contributed by atoms with Crippen LogP contribution in [0.5, 0.6) is 0 Å². The van der Waals surface area contributed by atoms with Crippen molar-refractivity contribution in [2.75, 3.05) is 11.5 Å². The molecule has 92 valence electrons. The van der Waals surface area contributed by atoms with Crippen molar-refractivity contribution in [3.05, 3.63) is 35.4 Å². The Balaban J connectivity index is 2.88. The lowest BCUT2D eigenvalue weighted by molar-refractivity contribution is -0.299. The molecule has 0 atom stereocenters. The van der Waals surface area contributed by atoms with Crippen molar-refractivity contribution in [3.8, 4) is 0 Å². The fourth-order valence-electron chi connectivity index (χ4n) is 1.60. The Morgan fingerprint density at radius 1 is 1.24 bits per heavy atom. The molecule has 0 aromatic heterocycles. The number of carbonyl (C=O) groups excluding carboxylic acids is 1. The SMILES string of the molecule is CC[S+](CC)c1ccc(C=C(C)C(=O)[O-])cc1. The van der Waals surface area contributed by atoms with E-state index in [9.17, 15) is 9.90 Å². The lowest BCUT2D eigenvalue weighted by Crippen LogP contribution is -2.22. The molecule has 1 rings (SSSR count). The quantitative estimate of drug-likeness (QED) is 0.591. The molecule has 0 N–H and O–H groups in total. The van der Waals surface area contributed by atoms with Gasteiger partial charge in [-0.05, 0) is 56.2 Å². The van der Waals surface area contributed by atoms with Gasteiger partial charge in [-0.2, -0.15) is 0 Å². The molecule has 17 heavy (non-hydrogen) atoms. The van der Waals surface area contributed by atoms with E-state index in [0.717, 1.165) is 17.1 Å². The summed E-state index contributed by atoms with van der Waals surface area (Å²) in [6.45, 7) is 5.94. The maximum absolute atomic E-state index is 10.6. The largest absolute Gasteiger partial charge is 0.545 e. The predicted molar refractivity (Wildman–Crippen MR) is 71.8 cm³/mol. The van der Waals surface area contributed by atoms with Gasteiger partial charge in [0.15, 0.2) is 4.90 Å². The Morgan fingerprint density at radius 3 is 2.18 bits per heavy atom. The van der Waals surface area contributed by atoms with E-state index in [4.69, 9.17) is 0 Å². The zero-order chi connectivity index (χ0) is 12.8. The first kappa shape index (κ1) is 13.8. The topological polar surface area (TPSA) is 40.1 Å². The molecule has 0 aliphatic rings. The average Bonchev–Trinajstić information content (AvgIpc) is 2.32. The standard InChI is InChI=1S/C14H18O2S/c1-4-17(5-2)13-8-6-12(7-9-13)10-11(3)14(15)16/h6-10H,4-5H2,1-3H3. The number of hydrogen-bond acceptors (Lipinski definition) is 2. The maximum Gasteiger partial charge on any atom is 0.154 e. The molecule has 0 spiro atoms. The smallest absolute Gasteiger partial charge is 0.154 e. The molecule has 0 radical (unpaired) electrons. The van der Waals surface area contributed by atoms with Gasteiger partial charge in [-0.1, -0.05) is 6.08 Å². The van der Waals surface area contributed by atoms with Crippen molar-refractivity contribution in [1.29, 1.82) is 0 Å². The molecule has 0 amide bonds.